The topological polar surface area (TPSA) is 38.9 Å². The molecule has 0 spiro atoms. The van der Waals surface area contributed by atoms with Gasteiger partial charge in [0, 0.05) is 6.92 Å². The fourth-order valence-corrected chi connectivity index (χ4v) is 0.565. The number of aryl methyl sites for hydroxylation is 1. The first-order valence-corrected chi connectivity index (χ1v) is 3.00. The van der Waals surface area contributed by atoms with Gasteiger partial charge in [-0.05, 0) is 6.92 Å². The van der Waals surface area contributed by atoms with E-state index in [-0.39, 0.29) is 5.92 Å². The van der Waals surface area contributed by atoms with Crippen LogP contribution in [-0.4, -0.2) is 10.1 Å². The Hall–Kier alpha value is -1.30. The zero-order valence-electron chi connectivity index (χ0n) is 5.96. The summed E-state index contributed by atoms with van der Waals surface area (Å²) in [5, 5.41) is 3.66. The minimum absolute atomic E-state index is 0.0579. The van der Waals surface area contributed by atoms with Gasteiger partial charge in [0.15, 0.2) is 5.82 Å². The largest absolute Gasteiger partial charge is 0.340 e. The molecule has 0 aliphatic heterocycles. The van der Waals surface area contributed by atoms with E-state index < -0.39 is 0 Å². The maximum absolute atomic E-state index is 5.14. The highest BCUT2D eigenvalue weighted by atomic mass is 16.5. The predicted molar refractivity (Wildman–Crippen MR) is 36.3 cm³/mol. The molecule has 1 heterocycles. The summed E-state index contributed by atoms with van der Waals surface area (Å²) in [4.78, 5) is 3.96. The van der Waals surface area contributed by atoms with Gasteiger partial charge < -0.3 is 4.52 Å². The van der Waals surface area contributed by atoms with Crippen LogP contribution in [0.1, 0.15) is 24.6 Å². The van der Waals surface area contributed by atoms with Crippen molar-refractivity contribution in [2.24, 2.45) is 0 Å². The first-order chi connectivity index (χ1) is 4.74. The lowest BCUT2D eigenvalue weighted by atomic mass is 10.2. The molecule has 1 rings (SSSR count). The first kappa shape index (κ1) is 6.81. The lowest BCUT2D eigenvalue weighted by Gasteiger charge is -1.90. The maximum atomic E-state index is 5.14. The molecule has 1 aromatic heterocycles. The van der Waals surface area contributed by atoms with E-state index in [2.05, 4.69) is 16.1 Å². The van der Waals surface area contributed by atoms with Gasteiger partial charge in [-0.15, -0.1) is 6.42 Å². The van der Waals surface area contributed by atoms with Gasteiger partial charge in [0.2, 0.25) is 5.89 Å². The normalized spacial score (nSPS) is 12.5. The molecule has 0 unspecified atom stereocenters. The average Bonchev–Trinajstić information content (AvgIpc) is 2.34. The van der Waals surface area contributed by atoms with Crippen LogP contribution in [0.4, 0.5) is 0 Å². The molecule has 0 aliphatic rings. The van der Waals surface area contributed by atoms with E-state index in [1.807, 2.05) is 6.92 Å². The van der Waals surface area contributed by atoms with Gasteiger partial charge in [-0.25, -0.2) is 0 Å². The van der Waals surface area contributed by atoms with Gasteiger partial charge in [-0.2, -0.15) is 4.98 Å². The first-order valence-electron chi connectivity index (χ1n) is 3.00. The second kappa shape index (κ2) is 2.53. The molecule has 0 N–H and O–H groups in total. The van der Waals surface area contributed by atoms with Crippen molar-refractivity contribution in [3.8, 4) is 12.3 Å². The van der Waals surface area contributed by atoms with Crippen molar-refractivity contribution in [1.82, 2.24) is 10.1 Å². The summed E-state index contributed by atoms with van der Waals surface area (Å²) in [6.45, 7) is 3.59. The number of hydrogen-bond acceptors (Lipinski definition) is 3. The molecule has 3 nitrogen and oxygen atoms in total. The van der Waals surface area contributed by atoms with E-state index in [9.17, 15) is 0 Å². The summed E-state index contributed by atoms with van der Waals surface area (Å²) >= 11 is 0. The minimum Gasteiger partial charge on any atom is -0.340 e. The predicted octanol–water partition coefficient (Wildman–Crippen LogP) is 1.11. The van der Waals surface area contributed by atoms with E-state index in [1.165, 1.54) is 0 Å². The number of terminal acetylenes is 1. The molecule has 52 valence electrons. The zero-order valence-corrected chi connectivity index (χ0v) is 5.96. The second-order valence-electron chi connectivity index (χ2n) is 2.06. The number of aromatic nitrogens is 2. The molecular weight excluding hydrogens is 128 g/mol. The average molecular weight is 136 g/mol. The smallest absolute Gasteiger partial charge is 0.223 e. The Labute approximate surface area is 59.4 Å². The number of rotatable bonds is 1. The van der Waals surface area contributed by atoms with Crippen LogP contribution in [0.2, 0.25) is 0 Å². The Morgan fingerprint density at radius 1 is 1.70 bits per heavy atom. The Morgan fingerprint density at radius 3 is 2.80 bits per heavy atom. The second-order valence-corrected chi connectivity index (χ2v) is 2.06. The number of hydrogen-bond donors (Lipinski definition) is 0. The molecule has 0 bridgehead atoms. The molecule has 0 radical (unpaired) electrons. The highest BCUT2D eigenvalue weighted by molar-refractivity contribution is 5.08. The molecule has 0 aromatic carbocycles. The fourth-order valence-electron chi connectivity index (χ4n) is 0.565. The molecular formula is C7H8N2O. The van der Waals surface area contributed by atoms with Crippen molar-refractivity contribution in [2.75, 3.05) is 0 Å². The Balaban J connectivity index is 2.87. The van der Waals surface area contributed by atoms with Crippen LogP contribution in [0, 0.1) is 19.3 Å². The van der Waals surface area contributed by atoms with Crippen LogP contribution < -0.4 is 0 Å². The Bertz CT molecular complexity index is 259. The Kier molecular flexibility index (Phi) is 1.72. The molecule has 10 heavy (non-hydrogen) atoms. The van der Waals surface area contributed by atoms with Crippen molar-refractivity contribution in [3.63, 3.8) is 0 Å². The maximum Gasteiger partial charge on any atom is 0.223 e. The van der Waals surface area contributed by atoms with Gasteiger partial charge in [0.25, 0.3) is 0 Å². The SMILES string of the molecule is C#C[C@@H](C)c1noc(C)n1. The Morgan fingerprint density at radius 2 is 2.40 bits per heavy atom. The lowest BCUT2D eigenvalue weighted by molar-refractivity contribution is 0.386. The van der Waals surface area contributed by atoms with Crippen LogP contribution >= 0.6 is 0 Å². The molecule has 0 saturated heterocycles. The van der Waals surface area contributed by atoms with Crippen molar-refractivity contribution in [3.05, 3.63) is 11.7 Å². The molecule has 1 aromatic rings. The van der Waals surface area contributed by atoms with Gasteiger partial charge in [-0.3, -0.25) is 0 Å². The quantitative estimate of drug-likeness (QED) is 0.543. The van der Waals surface area contributed by atoms with E-state index >= 15 is 0 Å². The highest BCUT2D eigenvalue weighted by Gasteiger charge is 2.07. The van der Waals surface area contributed by atoms with Crippen molar-refractivity contribution in [2.45, 2.75) is 19.8 Å². The molecule has 0 fully saturated rings. The summed E-state index contributed by atoms with van der Waals surface area (Å²) in [6, 6.07) is 0. The van der Waals surface area contributed by atoms with E-state index in [1.54, 1.807) is 6.92 Å². The van der Waals surface area contributed by atoms with Crippen molar-refractivity contribution in [1.29, 1.82) is 0 Å². The molecule has 0 aliphatic carbocycles. The van der Waals surface area contributed by atoms with Crippen LogP contribution in [-0.2, 0) is 0 Å². The summed E-state index contributed by atoms with van der Waals surface area (Å²) in [5.74, 6) is 3.59. The summed E-state index contributed by atoms with van der Waals surface area (Å²) in [6.07, 6.45) is 5.14. The van der Waals surface area contributed by atoms with Crippen LogP contribution in [0.3, 0.4) is 0 Å². The van der Waals surface area contributed by atoms with Crippen LogP contribution in [0.5, 0.6) is 0 Å². The van der Waals surface area contributed by atoms with Crippen molar-refractivity contribution >= 4 is 0 Å². The summed E-state index contributed by atoms with van der Waals surface area (Å²) in [5.41, 5.74) is 0. The standard InChI is InChI=1S/C7H8N2O/c1-4-5(2)7-8-6(3)10-9-7/h1,5H,2-3H3/t5-/m1/s1. The molecule has 3 heteroatoms. The monoisotopic (exact) mass is 136 g/mol. The molecule has 0 saturated carbocycles. The lowest BCUT2D eigenvalue weighted by Crippen LogP contribution is -1.91. The third-order valence-corrected chi connectivity index (χ3v) is 1.18. The van der Waals surface area contributed by atoms with Gasteiger partial charge >= 0.3 is 0 Å². The molecule has 1 atom stereocenters. The highest BCUT2D eigenvalue weighted by Crippen LogP contribution is 2.08. The zero-order chi connectivity index (χ0) is 7.56. The van der Waals surface area contributed by atoms with Gasteiger partial charge in [0.05, 0.1) is 5.92 Å². The third-order valence-electron chi connectivity index (χ3n) is 1.18. The summed E-state index contributed by atoms with van der Waals surface area (Å²) in [7, 11) is 0. The number of nitrogens with zero attached hydrogens (tertiary/aromatic N) is 2. The van der Waals surface area contributed by atoms with Crippen LogP contribution in [0.25, 0.3) is 0 Å². The van der Waals surface area contributed by atoms with Crippen molar-refractivity contribution < 1.29 is 4.52 Å². The fraction of sp³-hybridized carbons (Fsp3) is 0.429. The van der Waals surface area contributed by atoms with E-state index in [0.717, 1.165) is 0 Å². The molecule has 0 amide bonds. The van der Waals surface area contributed by atoms with Gasteiger partial charge in [-0.1, -0.05) is 11.1 Å². The minimum atomic E-state index is -0.0579. The van der Waals surface area contributed by atoms with E-state index in [0.29, 0.717) is 11.7 Å². The third kappa shape index (κ3) is 1.16. The van der Waals surface area contributed by atoms with E-state index in [4.69, 9.17) is 10.9 Å². The summed E-state index contributed by atoms with van der Waals surface area (Å²) < 4.78 is 4.73. The van der Waals surface area contributed by atoms with Crippen LogP contribution in [0.15, 0.2) is 4.52 Å². The van der Waals surface area contributed by atoms with Gasteiger partial charge in [0.1, 0.15) is 0 Å².